The number of nitrogens with zero attached hydrogens (tertiary/aromatic N) is 1. The monoisotopic (exact) mass is 453 g/mol. The summed E-state index contributed by atoms with van der Waals surface area (Å²) in [6, 6.07) is 9.81. The summed E-state index contributed by atoms with van der Waals surface area (Å²) in [5, 5.41) is 9.00. The fourth-order valence-electron chi connectivity index (χ4n) is 3.28. The van der Waals surface area contributed by atoms with Gasteiger partial charge in [0.05, 0.1) is 17.2 Å². The molecular formula is C23H20F5NO3. The van der Waals surface area contributed by atoms with E-state index >= 15 is 0 Å². The Morgan fingerprint density at radius 1 is 1.06 bits per heavy atom. The predicted octanol–water partition coefficient (Wildman–Crippen LogP) is 6.10. The molecule has 1 N–H and O–H groups in total. The van der Waals surface area contributed by atoms with Crippen molar-refractivity contribution in [1.82, 2.24) is 4.57 Å². The topological polar surface area (TPSA) is 51.5 Å². The quantitative estimate of drug-likeness (QED) is 0.440. The van der Waals surface area contributed by atoms with Crippen molar-refractivity contribution < 1.29 is 36.6 Å². The van der Waals surface area contributed by atoms with E-state index in [1.807, 2.05) is 6.92 Å². The first kappa shape index (κ1) is 23.3. The van der Waals surface area contributed by atoms with E-state index in [9.17, 15) is 26.7 Å². The molecule has 0 spiro atoms. The van der Waals surface area contributed by atoms with Crippen LogP contribution in [0.3, 0.4) is 0 Å². The Bertz CT molecular complexity index is 1120. The van der Waals surface area contributed by atoms with Crippen molar-refractivity contribution in [2.24, 2.45) is 0 Å². The predicted molar refractivity (Wildman–Crippen MR) is 107 cm³/mol. The Labute approximate surface area is 180 Å². The van der Waals surface area contributed by atoms with Crippen LogP contribution in [0.4, 0.5) is 22.0 Å². The minimum Gasteiger partial charge on any atom is -0.484 e. The van der Waals surface area contributed by atoms with Gasteiger partial charge in [-0.05, 0) is 43.2 Å². The summed E-state index contributed by atoms with van der Waals surface area (Å²) >= 11 is 0. The molecule has 9 heteroatoms. The maximum absolute atomic E-state index is 14.4. The van der Waals surface area contributed by atoms with Gasteiger partial charge in [0.15, 0.2) is 11.6 Å². The fraction of sp³-hybridized carbons (Fsp3) is 0.261. The molecule has 32 heavy (non-hydrogen) atoms. The molecule has 0 amide bonds. The number of ether oxygens (including phenoxy) is 1. The molecular weight excluding hydrogens is 433 g/mol. The normalized spacial score (nSPS) is 12.6. The minimum absolute atomic E-state index is 0.287. The van der Waals surface area contributed by atoms with Gasteiger partial charge in [-0.3, -0.25) is 4.79 Å². The average molecular weight is 453 g/mol. The molecule has 3 rings (SSSR count). The maximum atomic E-state index is 14.4. The number of benzene rings is 2. The molecule has 0 aliphatic heterocycles. The van der Waals surface area contributed by atoms with Gasteiger partial charge in [0.1, 0.15) is 6.61 Å². The highest BCUT2D eigenvalue weighted by Crippen LogP contribution is 2.35. The molecule has 2 aromatic carbocycles. The molecule has 0 fully saturated rings. The summed E-state index contributed by atoms with van der Waals surface area (Å²) in [5.41, 5.74) is -0.187. The Hall–Kier alpha value is -3.36. The van der Waals surface area contributed by atoms with Crippen LogP contribution in [0.1, 0.15) is 42.1 Å². The van der Waals surface area contributed by atoms with Crippen LogP contribution in [0.25, 0.3) is 5.69 Å². The molecule has 0 saturated heterocycles. The lowest BCUT2D eigenvalue weighted by Crippen LogP contribution is -2.14. The molecule has 0 radical (unpaired) electrons. The van der Waals surface area contributed by atoms with Gasteiger partial charge in [-0.1, -0.05) is 25.1 Å². The van der Waals surface area contributed by atoms with Crippen LogP contribution in [0.2, 0.25) is 0 Å². The highest BCUT2D eigenvalue weighted by atomic mass is 19.4. The van der Waals surface area contributed by atoms with Crippen molar-refractivity contribution in [1.29, 1.82) is 0 Å². The lowest BCUT2D eigenvalue weighted by molar-refractivity contribution is -0.139. The van der Waals surface area contributed by atoms with Gasteiger partial charge >= 0.3 is 12.1 Å². The van der Waals surface area contributed by atoms with Gasteiger partial charge in [-0.25, -0.2) is 4.39 Å². The van der Waals surface area contributed by atoms with E-state index in [-0.39, 0.29) is 5.69 Å². The summed E-state index contributed by atoms with van der Waals surface area (Å²) in [7, 11) is 0. The summed E-state index contributed by atoms with van der Waals surface area (Å²) in [6.07, 6.45) is -2.69. The van der Waals surface area contributed by atoms with Crippen LogP contribution in [-0.4, -0.2) is 15.6 Å². The summed E-state index contributed by atoms with van der Waals surface area (Å²) in [4.78, 5) is 11.0. The van der Waals surface area contributed by atoms with Crippen molar-refractivity contribution in [3.8, 4) is 11.4 Å². The molecule has 0 aliphatic carbocycles. The third-order valence-electron chi connectivity index (χ3n) is 5.20. The van der Waals surface area contributed by atoms with Crippen LogP contribution in [-0.2, 0) is 24.0 Å². The molecule has 3 aromatic rings. The minimum atomic E-state index is -4.68. The lowest BCUT2D eigenvalue weighted by Gasteiger charge is -2.16. The highest BCUT2D eigenvalue weighted by molar-refractivity contribution is 5.75. The molecule has 0 aliphatic rings. The average Bonchev–Trinajstić information content (AvgIpc) is 3.19. The number of hydrogen-bond acceptors (Lipinski definition) is 2. The first-order chi connectivity index (χ1) is 15.0. The van der Waals surface area contributed by atoms with Gasteiger partial charge < -0.3 is 14.4 Å². The largest absolute Gasteiger partial charge is 0.484 e. The number of carboxylic acid groups (broad SMARTS) is 1. The number of aromatic nitrogens is 1. The van der Waals surface area contributed by atoms with E-state index in [0.29, 0.717) is 5.69 Å². The number of hydrogen-bond donors (Lipinski definition) is 1. The maximum Gasteiger partial charge on any atom is 0.418 e. The van der Waals surface area contributed by atoms with Crippen molar-refractivity contribution >= 4 is 5.97 Å². The number of alkyl halides is 3. The van der Waals surface area contributed by atoms with Crippen molar-refractivity contribution in [3.63, 3.8) is 0 Å². The zero-order valence-corrected chi connectivity index (χ0v) is 17.2. The highest BCUT2D eigenvalue weighted by Gasteiger charge is 2.36. The SMILES string of the molecule is CCc1ccc(-n2ccc(C(F)(F)F)c2COc2ccc(C(C)C(=O)O)c(F)c2F)cc1. The molecule has 1 aromatic heterocycles. The number of rotatable bonds is 7. The van der Waals surface area contributed by atoms with Crippen molar-refractivity contribution in [2.45, 2.75) is 39.0 Å². The molecule has 4 nitrogen and oxygen atoms in total. The zero-order chi connectivity index (χ0) is 23.6. The summed E-state index contributed by atoms with van der Waals surface area (Å²) in [6.45, 7) is 2.44. The van der Waals surface area contributed by atoms with Crippen molar-refractivity contribution in [2.75, 3.05) is 0 Å². The lowest BCUT2D eigenvalue weighted by atomic mass is 10.0. The molecule has 1 heterocycles. The van der Waals surface area contributed by atoms with Crippen molar-refractivity contribution in [3.05, 3.63) is 82.7 Å². The van der Waals surface area contributed by atoms with Gasteiger partial charge in [0.2, 0.25) is 5.82 Å². The first-order valence-electron chi connectivity index (χ1n) is 9.74. The van der Waals surface area contributed by atoms with Gasteiger partial charge in [0, 0.05) is 17.4 Å². The van der Waals surface area contributed by atoms with Gasteiger partial charge in [-0.2, -0.15) is 17.6 Å². The first-order valence-corrected chi connectivity index (χ1v) is 9.74. The second-order valence-electron chi connectivity index (χ2n) is 7.19. The fourth-order valence-corrected chi connectivity index (χ4v) is 3.28. The molecule has 170 valence electrons. The third-order valence-corrected chi connectivity index (χ3v) is 5.20. The molecule has 1 unspecified atom stereocenters. The van der Waals surface area contributed by atoms with E-state index in [1.54, 1.807) is 24.3 Å². The van der Waals surface area contributed by atoms with Crippen LogP contribution >= 0.6 is 0 Å². The smallest absolute Gasteiger partial charge is 0.418 e. The molecule has 0 bridgehead atoms. The summed E-state index contributed by atoms with van der Waals surface area (Å²) < 4.78 is 75.8. The number of carboxylic acids is 1. The number of aliphatic carboxylic acids is 1. The van der Waals surface area contributed by atoms with E-state index in [2.05, 4.69) is 0 Å². The van der Waals surface area contributed by atoms with E-state index < -0.39 is 53.2 Å². The zero-order valence-electron chi connectivity index (χ0n) is 17.2. The van der Waals surface area contributed by atoms with Crippen LogP contribution in [0.15, 0.2) is 48.7 Å². The third kappa shape index (κ3) is 4.61. The molecule has 1 atom stereocenters. The van der Waals surface area contributed by atoms with E-state index in [4.69, 9.17) is 9.84 Å². The van der Waals surface area contributed by atoms with Crippen LogP contribution in [0.5, 0.6) is 5.75 Å². The number of aryl methyl sites for hydroxylation is 1. The van der Waals surface area contributed by atoms with Crippen LogP contribution in [0, 0.1) is 11.6 Å². The molecule has 0 saturated carbocycles. The van der Waals surface area contributed by atoms with Gasteiger partial charge in [-0.15, -0.1) is 0 Å². The second-order valence-corrected chi connectivity index (χ2v) is 7.19. The van der Waals surface area contributed by atoms with Crippen LogP contribution < -0.4 is 4.74 Å². The number of halogens is 5. The summed E-state index contributed by atoms with van der Waals surface area (Å²) in [5.74, 6) is -6.16. The Balaban J connectivity index is 1.95. The number of carbonyl (C=O) groups is 1. The Morgan fingerprint density at radius 3 is 2.28 bits per heavy atom. The van der Waals surface area contributed by atoms with E-state index in [1.165, 1.54) is 17.7 Å². The van der Waals surface area contributed by atoms with E-state index in [0.717, 1.165) is 30.2 Å². The standard InChI is InChI=1S/C23H20F5NO3/c1-3-14-4-6-15(7-5-14)29-11-10-17(23(26,27)28)18(29)12-32-19-9-8-16(13(2)22(30)31)20(24)21(19)25/h4-11,13H,3,12H2,1-2H3,(H,30,31). The van der Waals surface area contributed by atoms with Gasteiger partial charge in [0.25, 0.3) is 0 Å². The Kier molecular flexibility index (Phi) is 6.57. The second kappa shape index (κ2) is 9.02. The Morgan fingerprint density at radius 2 is 1.72 bits per heavy atom.